The van der Waals surface area contributed by atoms with E-state index in [0.29, 0.717) is 38.4 Å². The fourth-order valence-corrected chi connectivity index (χ4v) is 2.58. The monoisotopic (exact) mass is 351 g/mol. The van der Waals surface area contributed by atoms with Crippen LogP contribution in [0.5, 0.6) is 0 Å². The van der Waals surface area contributed by atoms with Gasteiger partial charge in [0.05, 0.1) is 5.69 Å². The summed E-state index contributed by atoms with van der Waals surface area (Å²) in [5, 5.41) is 3.02. The summed E-state index contributed by atoms with van der Waals surface area (Å²) in [6.07, 6.45) is 0. The Morgan fingerprint density at radius 1 is 1.23 bits per heavy atom. The molecule has 1 heterocycles. The molecule has 1 fully saturated rings. The number of piperazine rings is 1. The number of hydrogen-bond acceptors (Lipinski definition) is 3. The molecule has 0 bridgehead atoms. The van der Waals surface area contributed by atoms with Gasteiger partial charge in [-0.15, -0.1) is 24.8 Å². The molecule has 0 radical (unpaired) electrons. The number of para-hydroxylation sites is 1. The molecule has 22 heavy (non-hydrogen) atoms. The molecule has 1 atom stereocenters. The maximum absolute atomic E-state index is 13.7. The van der Waals surface area contributed by atoms with Gasteiger partial charge >= 0.3 is 0 Å². The third-order valence-corrected chi connectivity index (χ3v) is 3.72. The van der Waals surface area contributed by atoms with E-state index in [1.165, 1.54) is 6.07 Å². The van der Waals surface area contributed by atoms with Crippen molar-refractivity contribution in [3.63, 3.8) is 0 Å². The van der Waals surface area contributed by atoms with E-state index in [4.69, 9.17) is 0 Å². The number of anilines is 1. The van der Waals surface area contributed by atoms with E-state index in [2.05, 4.69) is 5.32 Å². The molecule has 0 aromatic heterocycles. The summed E-state index contributed by atoms with van der Waals surface area (Å²) < 4.78 is 13.7. The van der Waals surface area contributed by atoms with Crippen molar-refractivity contribution < 1.29 is 9.18 Å². The SMILES string of the molecule is CNCC(C)C(=O)N1CCN(c2ccccc2F)CC1.Cl.Cl. The fraction of sp³-hybridized carbons (Fsp3) is 0.533. The summed E-state index contributed by atoms with van der Waals surface area (Å²) in [6, 6.07) is 6.79. The zero-order chi connectivity index (χ0) is 14.5. The van der Waals surface area contributed by atoms with Crippen LogP contribution in [0.15, 0.2) is 24.3 Å². The Bertz CT molecular complexity index is 468. The summed E-state index contributed by atoms with van der Waals surface area (Å²) in [6.45, 7) is 5.29. The lowest BCUT2D eigenvalue weighted by Gasteiger charge is -2.37. The second kappa shape index (κ2) is 9.87. The fourth-order valence-electron chi connectivity index (χ4n) is 2.58. The summed E-state index contributed by atoms with van der Waals surface area (Å²) in [5.74, 6) is -0.0385. The Kier molecular flexibility index (Phi) is 9.41. The van der Waals surface area contributed by atoms with Crippen LogP contribution in [0.1, 0.15) is 6.92 Å². The smallest absolute Gasteiger partial charge is 0.226 e. The van der Waals surface area contributed by atoms with Crippen molar-refractivity contribution in [1.82, 2.24) is 10.2 Å². The molecule has 7 heteroatoms. The highest BCUT2D eigenvalue weighted by molar-refractivity contribution is 5.85. The van der Waals surface area contributed by atoms with E-state index in [0.717, 1.165) is 0 Å². The van der Waals surface area contributed by atoms with Gasteiger partial charge in [0.15, 0.2) is 0 Å². The quantitative estimate of drug-likeness (QED) is 0.902. The Labute approximate surface area is 143 Å². The van der Waals surface area contributed by atoms with Crippen LogP contribution in [0.2, 0.25) is 0 Å². The van der Waals surface area contributed by atoms with E-state index < -0.39 is 0 Å². The second-order valence-corrected chi connectivity index (χ2v) is 5.22. The average Bonchev–Trinajstić information content (AvgIpc) is 2.47. The molecule has 1 aromatic rings. The van der Waals surface area contributed by atoms with Crippen LogP contribution in [0.3, 0.4) is 0 Å². The highest BCUT2D eigenvalue weighted by Gasteiger charge is 2.25. The first kappa shape index (κ1) is 21.0. The lowest BCUT2D eigenvalue weighted by atomic mass is 10.1. The van der Waals surface area contributed by atoms with Crippen molar-refractivity contribution in [3.8, 4) is 0 Å². The van der Waals surface area contributed by atoms with Crippen molar-refractivity contribution in [2.24, 2.45) is 5.92 Å². The van der Waals surface area contributed by atoms with Gasteiger partial charge in [-0.1, -0.05) is 19.1 Å². The minimum absolute atomic E-state index is 0. The van der Waals surface area contributed by atoms with Gasteiger partial charge in [-0.3, -0.25) is 4.79 Å². The van der Waals surface area contributed by atoms with Crippen molar-refractivity contribution in [2.45, 2.75) is 6.92 Å². The summed E-state index contributed by atoms with van der Waals surface area (Å²) >= 11 is 0. The minimum atomic E-state index is -0.198. The number of carbonyl (C=O) groups excluding carboxylic acids is 1. The first-order valence-electron chi connectivity index (χ1n) is 7.06. The Hall–Kier alpha value is -1.04. The standard InChI is InChI=1S/C15H22FN3O.2ClH/c1-12(11-17-2)15(20)19-9-7-18(8-10-19)14-6-4-3-5-13(14)16;;/h3-6,12,17H,7-11H2,1-2H3;2*1H. The van der Waals surface area contributed by atoms with Crippen molar-refractivity contribution in [3.05, 3.63) is 30.1 Å². The number of nitrogens with one attached hydrogen (secondary N) is 1. The first-order valence-corrected chi connectivity index (χ1v) is 7.06. The molecular formula is C15H24Cl2FN3O. The average molecular weight is 352 g/mol. The number of nitrogens with zero attached hydrogens (tertiary/aromatic N) is 2. The lowest BCUT2D eigenvalue weighted by Crippen LogP contribution is -2.51. The zero-order valence-corrected chi connectivity index (χ0v) is 14.6. The zero-order valence-electron chi connectivity index (χ0n) is 12.9. The van der Waals surface area contributed by atoms with Crippen LogP contribution >= 0.6 is 24.8 Å². The number of amides is 1. The van der Waals surface area contributed by atoms with Gasteiger partial charge in [0, 0.05) is 38.6 Å². The number of halogens is 3. The predicted octanol–water partition coefficient (Wildman–Crippen LogP) is 2.17. The minimum Gasteiger partial charge on any atom is -0.366 e. The molecule has 1 unspecified atom stereocenters. The summed E-state index contributed by atoms with van der Waals surface area (Å²) in [4.78, 5) is 16.1. The molecule has 1 aromatic carbocycles. The number of benzene rings is 1. The van der Waals surface area contributed by atoms with Gasteiger partial charge in [-0.2, -0.15) is 0 Å². The molecule has 1 N–H and O–H groups in total. The molecule has 1 saturated heterocycles. The van der Waals surface area contributed by atoms with Crippen LogP contribution < -0.4 is 10.2 Å². The van der Waals surface area contributed by atoms with E-state index in [9.17, 15) is 9.18 Å². The second-order valence-electron chi connectivity index (χ2n) is 5.22. The maximum Gasteiger partial charge on any atom is 0.226 e. The van der Waals surface area contributed by atoms with Crippen molar-refractivity contribution >= 4 is 36.4 Å². The molecule has 4 nitrogen and oxygen atoms in total. The Morgan fingerprint density at radius 3 is 2.36 bits per heavy atom. The Balaban J connectivity index is 0.00000220. The van der Waals surface area contributed by atoms with Gasteiger partial charge in [-0.05, 0) is 19.2 Å². The van der Waals surface area contributed by atoms with E-state index in [1.54, 1.807) is 12.1 Å². The van der Waals surface area contributed by atoms with Gasteiger partial charge < -0.3 is 15.1 Å². The topological polar surface area (TPSA) is 35.6 Å². The number of rotatable bonds is 4. The Morgan fingerprint density at radius 2 is 1.82 bits per heavy atom. The van der Waals surface area contributed by atoms with Gasteiger partial charge in [-0.25, -0.2) is 4.39 Å². The van der Waals surface area contributed by atoms with Gasteiger partial charge in [0.2, 0.25) is 5.91 Å². The van der Waals surface area contributed by atoms with Crippen LogP contribution in [0.25, 0.3) is 0 Å². The lowest BCUT2D eigenvalue weighted by molar-refractivity contribution is -0.135. The molecule has 1 amide bonds. The molecule has 0 spiro atoms. The van der Waals surface area contributed by atoms with E-state index in [1.807, 2.05) is 29.8 Å². The van der Waals surface area contributed by atoms with Crippen LogP contribution in [0, 0.1) is 11.7 Å². The molecule has 126 valence electrons. The molecular weight excluding hydrogens is 328 g/mol. The van der Waals surface area contributed by atoms with Gasteiger partial charge in [0.25, 0.3) is 0 Å². The number of hydrogen-bond donors (Lipinski definition) is 1. The third-order valence-electron chi connectivity index (χ3n) is 3.72. The van der Waals surface area contributed by atoms with Crippen molar-refractivity contribution in [1.29, 1.82) is 0 Å². The molecule has 0 saturated carbocycles. The maximum atomic E-state index is 13.7. The third kappa shape index (κ3) is 5.00. The molecule has 1 aliphatic heterocycles. The predicted molar refractivity (Wildman–Crippen MR) is 92.8 cm³/mol. The summed E-state index contributed by atoms with van der Waals surface area (Å²) in [5.41, 5.74) is 0.628. The van der Waals surface area contributed by atoms with Crippen LogP contribution in [0.4, 0.5) is 10.1 Å². The first-order chi connectivity index (χ1) is 9.63. The summed E-state index contributed by atoms with van der Waals surface area (Å²) in [7, 11) is 1.85. The largest absolute Gasteiger partial charge is 0.366 e. The highest BCUT2D eigenvalue weighted by Crippen LogP contribution is 2.20. The van der Waals surface area contributed by atoms with E-state index >= 15 is 0 Å². The molecule has 2 rings (SSSR count). The van der Waals surface area contributed by atoms with E-state index in [-0.39, 0.29) is 42.5 Å². The van der Waals surface area contributed by atoms with Gasteiger partial charge in [0.1, 0.15) is 5.82 Å². The van der Waals surface area contributed by atoms with Crippen LogP contribution in [-0.4, -0.2) is 50.6 Å². The normalized spacial score (nSPS) is 15.6. The molecule has 0 aliphatic carbocycles. The highest BCUT2D eigenvalue weighted by atomic mass is 35.5. The van der Waals surface area contributed by atoms with Crippen molar-refractivity contribution in [2.75, 3.05) is 44.7 Å². The van der Waals surface area contributed by atoms with Crippen LogP contribution in [-0.2, 0) is 4.79 Å². The number of carbonyl (C=O) groups is 1. The molecule has 1 aliphatic rings.